The minimum atomic E-state index is -1.14. The van der Waals surface area contributed by atoms with Gasteiger partial charge in [0.05, 0.1) is 0 Å². The molecule has 1 amide bonds. The number of amides is 1. The van der Waals surface area contributed by atoms with Gasteiger partial charge in [0, 0.05) is 0 Å². The molecule has 2 nitrogen and oxygen atoms in total. The quantitative estimate of drug-likeness (QED) is 0.729. The van der Waals surface area contributed by atoms with Crippen molar-refractivity contribution in [2.45, 2.75) is 39.4 Å². The molecule has 1 aliphatic heterocycles. The van der Waals surface area contributed by atoms with Gasteiger partial charge in [-0.2, -0.15) is 0 Å². The predicted octanol–water partition coefficient (Wildman–Crippen LogP) is 2.69. The normalized spacial score (nSPS) is 20.4. The number of nitrogens with zero attached hydrogens (tertiary/aromatic N) is 1. The van der Waals surface area contributed by atoms with Crippen molar-refractivity contribution in [3.05, 3.63) is 10.2 Å². The molecule has 0 spiro atoms. The summed E-state index contributed by atoms with van der Waals surface area (Å²) < 4.78 is 1.42. The van der Waals surface area contributed by atoms with Gasteiger partial charge >= 0.3 is 100 Å². The summed E-state index contributed by atoms with van der Waals surface area (Å²) in [5.74, 6) is 0. The van der Waals surface area contributed by atoms with Gasteiger partial charge in [-0.1, -0.05) is 0 Å². The van der Waals surface area contributed by atoms with Crippen LogP contribution in [0.2, 0.25) is 19.6 Å². The summed E-state index contributed by atoms with van der Waals surface area (Å²) in [4.78, 5) is 14.1. The van der Waals surface area contributed by atoms with Gasteiger partial charge < -0.3 is 0 Å². The molecule has 1 aliphatic rings. The van der Waals surface area contributed by atoms with Crippen molar-refractivity contribution in [3.63, 3.8) is 0 Å². The fourth-order valence-electron chi connectivity index (χ4n) is 1.54. The molecule has 0 aromatic rings. The number of carbonyl (C=O) groups is 1. The van der Waals surface area contributed by atoms with E-state index in [4.69, 9.17) is 0 Å². The summed E-state index contributed by atoms with van der Waals surface area (Å²) in [5.41, 5.74) is 2.41. The Kier molecular flexibility index (Phi) is 4.62. The van der Waals surface area contributed by atoms with Crippen molar-refractivity contribution in [3.8, 4) is 0 Å². The number of hydrogen-bond donors (Lipinski definition) is 0. The third-order valence-electron chi connectivity index (χ3n) is 2.20. The van der Waals surface area contributed by atoms with E-state index in [-0.39, 0.29) is 15.0 Å². The molecule has 1 rings (SSSR count). The predicted molar refractivity (Wildman–Crippen MR) is 69.1 cm³/mol. The van der Waals surface area contributed by atoms with Gasteiger partial charge in [0.1, 0.15) is 0 Å². The second-order valence-corrected chi connectivity index (χ2v) is 12.4. The molecule has 0 unspecified atom stereocenters. The third kappa shape index (κ3) is 4.54. The topological polar surface area (TPSA) is 20.3 Å². The Hall–Kier alpha value is -0.0536. The van der Waals surface area contributed by atoms with E-state index in [2.05, 4.69) is 32.3 Å². The third-order valence-corrected chi connectivity index (χ3v) is 5.86. The van der Waals surface area contributed by atoms with Gasteiger partial charge in [0.2, 0.25) is 0 Å². The first-order valence-corrected chi connectivity index (χ1v) is 10.9. The summed E-state index contributed by atoms with van der Waals surface area (Å²) >= 11 is 0.105. The maximum absolute atomic E-state index is 11.7. The van der Waals surface area contributed by atoms with Crippen molar-refractivity contribution < 1.29 is 4.79 Å². The van der Waals surface area contributed by atoms with Crippen LogP contribution in [-0.4, -0.2) is 45.8 Å². The van der Waals surface area contributed by atoms with Crippen LogP contribution in [0.5, 0.6) is 0 Å². The van der Waals surface area contributed by atoms with Gasteiger partial charge in [-0.25, -0.2) is 0 Å². The minimum absolute atomic E-state index is 0.105. The first-order chi connectivity index (χ1) is 6.92. The molecule has 1 saturated heterocycles. The molecular weight excluding hydrogens is 269 g/mol. The van der Waals surface area contributed by atoms with Crippen LogP contribution in [-0.2, 0) is 0 Å². The Morgan fingerprint density at radius 2 is 2.13 bits per heavy atom. The zero-order valence-electron chi connectivity index (χ0n) is 10.2. The van der Waals surface area contributed by atoms with E-state index in [1.807, 2.05) is 4.90 Å². The van der Waals surface area contributed by atoms with Gasteiger partial charge in [0.15, 0.2) is 0 Å². The summed E-state index contributed by atoms with van der Waals surface area (Å²) in [6, 6.07) is 0. The molecule has 0 radical (unpaired) electrons. The van der Waals surface area contributed by atoms with Crippen LogP contribution in [0.25, 0.3) is 0 Å². The zero-order chi connectivity index (χ0) is 11.5. The summed E-state index contributed by atoms with van der Waals surface area (Å²) in [6.45, 7) is 11.0. The second-order valence-electron chi connectivity index (χ2n) is 5.12. The molecule has 86 valence electrons. The number of carbonyl (C=O) groups excluding carboxylic acids is 1. The van der Waals surface area contributed by atoms with Crippen LogP contribution in [0.4, 0.5) is 4.79 Å². The average Bonchev–Trinajstić information content (AvgIpc) is 2.39. The van der Waals surface area contributed by atoms with Gasteiger partial charge in [-0.15, -0.1) is 0 Å². The van der Waals surface area contributed by atoms with Crippen LogP contribution < -0.4 is 0 Å². The van der Waals surface area contributed by atoms with Crippen molar-refractivity contribution in [1.82, 2.24) is 4.90 Å². The van der Waals surface area contributed by atoms with Crippen molar-refractivity contribution in [2.75, 3.05) is 13.1 Å². The van der Waals surface area contributed by atoms with Crippen LogP contribution in [0.1, 0.15) is 19.8 Å². The van der Waals surface area contributed by atoms with Crippen molar-refractivity contribution in [1.29, 1.82) is 0 Å². The molecule has 1 heterocycles. The molecule has 15 heavy (non-hydrogen) atoms. The van der Waals surface area contributed by atoms with Crippen molar-refractivity contribution >= 4 is 27.8 Å². The Morgan fingerprint density at radius 3 is 2.67 bits per heavy atom. The Bertz CT molecular complexity index is 270. The number of hydrogen-bond acceptors (Lipinski definition) is 1. The maximum atomic E-state index is 11.7. The zero-order valence-corrected chi connectivity index (χ0v) is 12.9. The number of rotatable bonds is 4. The number of unbranched alkanes of at least 4 members (excludes halogenated alkanes) is 1. The second kappa shape index (κ2) is 5.33. The molecule has 1 fully saturated rings. The molecule has 0 aromatic carbocycles. The Labute approximate surface area is 100 Å². The fourth-order valence-corrected chi connectivity index (χ4v) is 6.78. The average molecular weight is 290 g/mol. The summed E-state index contributed by atoms with van der Waals surface area (Å²) in [7, 11) is -1.14. The first-order valence-electron chi connectivity index (χ1n) is 5.61. The Morgan fingerprint density at radius 1 is 1.47 bits per heavy atom. The SMILES string of the molecule is CCCCN1C/C(=C/[Si](C)(C)C)[Se]C1=O. The van der Waals surface area contributed by atoms with Crippen molar-refractivity contribution in [2.24, 2.45) is 0 Å². The van der Waals surface area contributed by atoms with E-state index in [1.165, 1.54) is 10.9 Å². The van der Waals surface area contributed by atoms with Gasteiger partial charge in [0.25, 0.3) is 0 Å². The Balaban J connectivity index is 2.56. The van der Waals surface area contributed by atoms with E-state index in [9.17, 15) is 4.79 Å². The van der Waals surface area contributed by atoms with Crippen LogP contribution in [0, 0.1) is 0 Å². The van der Waals surface area contributed by atoms with Crippen LogP contribution in [0.15, 0.2) is 10.2 Å². The monoisotopic (exact) mass is 291 g/mol. The first kappa shape index (κ1) is 13.0. The molecule has 0 aromatic heterocycles. The summed E-state index contributed by atoms with van der Waals surface area (Å²) in [6.07, 6.45) is 2.31. The van der Waals surface area contributed by atoms with Crippen LogP contribution in [0.3, 0.4) is 0 Å². The molecule has 0 N–H and O–H groups in total. The van der Waals surface area contributed by atoms with Gasteiger partial charge in [-0.05, 0) is 0 Å². The molecule has 4 heteroatoms. The van der Waals surface area contributed by atoms with E-state index < -0.39 is 8.07 Å². The summed E-state index contributed by atoms with van der Waals surface area (Å²) in [5, 5.41) is 0. The standard InChI is InChI=1S/C11H21NOSeSi/c1-5-6-7-12-8-10(14-11(12)13)9-15(2,3)4/h9H,5-8H2,1-4H3/b10-9-. The van der Waals surface area contributed by atoms with E-state index >= 15 is 0 Å². The molecule has 0 saturated carbocycles. The fraction of sp³-hybridized carbons (Fsp3) is 0.727. The van der Waals surface area contributed by atoms with E-state index in [0.717, 1.165) is 19.5 Å². The van der Waals surface area contributed by atoms with E-state index in [1.54, 1.807) is 0 Å². The molecular formula is C11H21NOSeSi. The van der Waals surface area contributed by atoms with E-state index in [0.29, 0.717) is 4.81 Å². The molecule has 0 aliphatic carbocycles. The van der Waals surface area contributed by atoms with Gasteiger partial charge in [-0.3, -0.25) is 0 Å². The molecule has 0 bridgehead atoms. The van der Waals surface area contributed by atoms with Crippen LogP contribution >= 0.6 is 0 Å². The molecule has 0 atom stereocenters.